The van der Waals surface area contributed by atoms with E-state index in [0.717, 1.165) is 11.3 Å². The summed E-state index contributed by atoms with van der Waals surface area (Å²) in [4.78, 5) is 0. The molecule has 0 radical (unpaired) electrons. The Morgan fingerprint density at radius 3 is 3.09 bits per heavy atom. The summed E-state index contributed by atoms with van der Waals surface area (Å²) in [6.45, 7) is 0.620. The number of hydrogen-bond acceptors (Lipinski definition) is 2. The number of halogens is 1. The Balaban J connectivity index is 2.58. The van der Waals surface area contributed by atoms with Crippen molar-refractivity contribution in [1.29, 1.82) is 0 Å². The topological polar surface area (TPSA) is 35.2 Å². The maximum atomic E-state index is 5.82. The maximum Gasteiger partial charge on any atom is 0.125 e. The summed E-state index contributed by atoms with van der Waals surface area (Å²) < 4.78 is 6.56. The number of ether oxygens (including phenoxy) is 1. The van der Waals surface area contributed by atoms with Gasteiger partial charge in [0.05, 0.1) is 6.04 Å². The molecule has 1 aromatic rings. The quantitative estimate of drug-likeness (QED) is 0.721. The van der Waals surface area contributed by atoms with Gasteiger partial charge in [-0.15, -0.1) is 0 Å². The van der Waals surface area contributed by atoms with Crippen LogP contribution in [-0.4, -0.2) is 6.61 Å². The van der Waals surface area contributed by atoms with Gasteiger partial charge in [0.15, 0.2) is 0 Å². The van der Waals surface area contributed by atoms with Crippen molar-refractivity contribution in [3.8, 4) is 5.75 Å². The molecule has 2 rings (SSSR count). The molecular formula is C8H8INO. The first-order chi connectivity index (χ1) is 5.29. The Bertz CT molecular complexity index is 287. The molecule has 0 fully saturated rings. The minimum absolute atomic E-state index is 0.0677. The number of fused-ring (bicyclic) bond motifs is 1. The van der Waals surface area contributed by atoms with Crippen LogP contribution in [-0.2, 0) is 0 Å². The van der Waals surface area contributed by atoms with Crippen molar-refractivity contribution in [2.75, 3.05) is 6.61 Å². The van der Waals surface area contributed by atoms with Crippen LogP contribution < -0.4 is 10.5 Å². The van der Waals surface area contributed by atoms with Gasteiger partial charge in [0, 0.05) is 9.13 Å². The highest BCUT2D eigenvalue weighted by Crippen LogP contribution is 2.33. The lowest BCUT2D eigenvalue weighted by atomic mass is 10.1. The second kappa shape index (κ2) is 2.64. The Labute approximate surface area is 78.9 Å². The molecule has 2 N–H and O–H groups in total. The first-order valence-electron chi connectivity index (χ1n) is 3.46. The lowest BCUT2D eigenvalue weighted by molar-refractivity contribution is 0.333. The van der Waals surface area contributed by atoms with Gasteiger partial charge in [0.1, 0.15) is 12.4 Å². The van der Waals surface area contributed by atoms with Crippen molar-refractivity contribution in [3.05, 3.63) is 27.3 Å². The zero-order valence-electron chi connectivity index (χ0n) is 5.88. The predicted octanol–water partition coefficient (Wildman–Crippen LogP) is 1.68. The minimum atomic E-state index is 0.0677. The highest BCUT2D eigenvalue weighted by atomic mass is 127. The summed E-state index contributed by atoms with van der Waals surface area (Å²) in [5, 5.41) is 0. The number of nitrogens with two attached hydrogens (primary N) is 1. The zero-order valence-corrected chi connectivity index (χ0v) is 8.04. The van der Waals surface area contributed by atoms with Crippen LogP contribution in [0.1, 0.15) is 11.6 Å². The SMILES string of the molecule is N[C@@H]1COc2cccc(I)c21. The summed E-state index contributed by atoms with van der Waals surface area (Å²) in [6, 6.07) is 6.06. The van der Waals surface area contributed by atoms with Crippen LogP contribution >= 0.6 is 22.6 Å². The van der Waals surface area contributed by atoms with Gasteiger partial charge in [-0.3, -0.25) is 0 Å². The Morgan fingerprint density at radius 1 is 1.55 bits per heavy atom. The van der Waals surface area contributed by atoms with Gasteiger partial charge in [-0.2, -0.15) is 0 Å². The third kappa shape index (κ3) is 1.12. The molecule has 0 amide bonds. The van der Waals surface area contributed by atoms with Gasteiger partial charge >= 0.3 is 0 Å². The fourth-order valence-electron chi connectivity index (χ4n) is 1.27. The smallest absolute Gasteiger partial charge is 0.125 e. The van der Waals surface area contributed by atoms with E-state index in [1.807, 2.05) is 18.2 Å². The van der Waals surface area contributed by atoms with Gasteiger partial charge in [-0.25, -0.2) is 0 Å². The fraction of sp³-hybridized carbons (Fsp3) is 0.250. The highest BCUT2D eigenvalue weighted by molar-refractivity contribution is 14.1. The van der Waals surface area contributed by atoms with Gasteiger partial charge in [0.2, 0.25) is 0 Å². The molecule has 1 aliphatic rings. The Hall–Kier alpha value is -0.290. The van der Waals surface area contributed by atoms with Crippen LogP contribution in [0.5, 0.6) is 5.75 Å². The van der Waals surface area contributed by atoms with E-state index in [0.29, 0.717) is 6.61 Å². The van der Waals surface area contributed by atoms with E-state index >= 15 is 0 Å². The van der Waals surface area contributed by atoms with Crippen LogP contribution in [0.25, 0.3) is 0 Å². The van der Waals surface area contributed by atoms with E-state index in [1.54, 1.807) is 0 Å². The molecule has 0 aromatic heterocycles. The van der Waals surface area contributed by atoms with Crippen molar-refractivity contribution in [1.82, 2.24) is 0 Å². The Morgan fingerprint density at radius 2 is 2.36 bits per heavy atom. The molecule has 2 nitrogen and oxygen atoms in total. The molecule has 11 heavy (non-hydrogen) atoms. The van der Waals surface area contributed by atoms with E-state index in [4.69, 9.17) is 10.5 Å². The lowest BCUT2D eigenvalue weighted by Crippen LogP contribution is -2.11. The van der Waals surface area contributed by atoms with E-state index in [1.165, 1.54) is 3.57 Å². The summed E-state index contributed by atoms with van der Waals surface area (Å²) in [5.41, 5.74) is 6.98. The second-order valence-corrected chi connectivity index (χ2v) is 3.73. The summed E-state index contributed by atoms with van der Waals surface area (Å²) in [7, 11) is 0. The van der Waals surface area contributed by atoms with Gasteiger partial charge in [0.25, 0.3) is 0 Å². The van der Waals surface area contributed by atoms with Crippen LogP contribution in [0.4, 0.5) is 0 Å². The molecule has 1 aliphatic heterocycles. The standard InChI is InChI=1S/C8H8INO/c9-5-2-1-3-7-8(5)6(10)4-11-7/h1-3,6H,4,10H2/t6-/m1/s1. The van der Waals surface area contributed by atoms with Crippen LogP contribution in [0.3, 0.4) is 0 Å². The average Bonchev–Trinajstić information content (AvgIpc) is 2.34. The van der Waals surface area contributed by atoms with E-state index < -0.39 is 0 Å². The summed E-state index contributed by atoms with van der Waals surface area (Å²) >= 11 is 2.28. The van der Waals surface area contributed by atoms with E-state index in [-0.39, 0.29) is 6.04 Å². The largest absolute Gasteiger partial charge is 0.491 e. The molecule has 0 saturated heterocycles. The van der Waals surface area contributed by atoms with Gasteiger partial charge in [-0.1, -0.05) is 6.07 Å². The Kier molecular flexibility index (Phi) is 1.77. The zero-order chi connectivity index (χ0) is 7.84. The van der Waals surface area contributed by atoms with Gasteiger partial charge < -0.3 is 10.5 Å². The van der Waals surface area contributed by atoms with Crippen molar-refractivity contribution in [2.24, 2.45) is 5.73 Å². The number of hydrogen-bond donors (Lipinski definition) is 1. The van der Waals surface area contributed by atoms with E-state index in [9.17, 15) is 0 Å². The van der Waals surface area contributed by atoms with Crippen molar-refractivity contribution >= 4 is 22.6 Å². The molecule has 1 aromatic carbocycles. The fourth-order valence-corrected chi connectivity index (χ4v) is 2.14. The highest BCUT2D eigenvalue weighted by Gasteiger charge is 2.22. The number of rotatable bonds is 0. The normalized spacial score (nSPS) is 21.1. The monoisotopic (exact) mass is 261 g/mol. The van der Waals surface area contributed by atoms with Crippen molar-refractivity contribution < 1.29 is 4.74 Å². The molecule has 0 saturated carbocycles. The van der Waals surface area contributed by atoms with Crippen molar-refractivity contribution in [3.63, 3.8) is 0 Å². The molecule has 1 atom stereocenters. The van der Waals surface area contributed by atoms with Crippen molar-refractivity contribution in [2.45, 2.75) is 6.04 Å². The molecule has 0 aliphatic carbocycles. The molecule has 1 heterocycles. The molecule has 0 bridgehead atoms. The molecule has 58 valence electrons. The first-order valence-corrected chi connectivity index (χ1v) is 4.53. The predicted molar refractivity (Wildman–Crippen MR) is 51.6 cm³/mol. The third-order valence-corrected chi connectivity index (χ3v) is 2.74. The molecule has 0 spiro atoms. The first kappa shape index (κ1) is 7.36. The average molecular weight is 261 g/mol. The van der Waals surface area contributed by atoms with Gasteiger partial charge in [-0.05, 0) is 34.7 Å². The molecule has 0 unspecified atom stereocenters. The van der Waals surface area contributed by atoms with E-state index in [2.05, 4.69) is 22.6 Å². The second-order valence-electron chi connectivity index (χ2n) is 2.57. The van der Waals surface area contributed by atoms with Crippen LogP contribution in [0, 0.1) is 3.57 Å². The van der Waals surface area contributed by atoms with Crippen LogP contribution in [0.2, 0.25) is 0 Å². The summed E-state index contributed by atoms with van der Waals surface area (Å²) in [5.74, 6) is 0.949. The van der Waals surface area contributed by atoms with Crippen LogP contribution in [0.15, 0.2) is 18.2 Å². The molecule has 3 heteroatoms. The lowest BCUT2D eigenvalue weighted by Gasteiger charge is -2.02. The maximum absolute atomic E-state index is 5.82. The summed E-state index contributed by atoms with van der Waals surface area (Å²) in [6.07, 6.45) is 0. The third-order valence-electron chi connectivity index (χ3n) is 1.80. The molecular weight excluding hydrogens is 253 g/mol. The minimum Gasteiger partial charge on any atom is -0.491 e. The number of benzene rings is 1.